The lowest BCUT2D eigenvalue weighted by Gasteiger charge is -2.13. The molecule has 0 aromatic heterocycles. The van der Waals surface area contributed by atoms with Crippen molar-refractivity contribution in [2.75, 3.05) is 19.7 Å². The third-order valence-electron chi connectivity index (χ3n) is 1.83. The highest BCUT2D eigenvalue weighted by atomic mass is 16.6. The Labute approximate surface area is 93.3 Å². The van der Waals surface area contributed by atoms with E-state index in [0.717, 1.165) is 12.8 Å². The van der Waals surface area contributed by atoms with Crippen molar-refractivity contribution in [3.63, 3.8) is 0 Å². The van der Waals surface area contributed by atoms with Crippen molar-refractivity contribution in [1.29, 1.82) is 0 Å². The Hall–Kier alpha value is -1.34. The second kappa shape index (κ2) is 10.2. The molecule has 0 amide bonds. The highest BCUT2D eigenvalue weighted by molar-refractivity contribution is 5.73. The Kier molecular flexibility index (Phi) is 9.33. The lowest BCUT2D eigenvalue weighted by Crippen LogP contribution is -2.37. The standard InChI is InChI=1S/C8H17N5O3/c9-4-2-1-3-7(8(14)15)12-16-6-5-11-13-10/h7,12H,1-6,9H2,(H,14,15)/t7-/m0/s1. The third kappa shape index (κ3) is 8.01. The fraction of sp³-hybridized carbons (Fsp3) is 0.875. The van der Waals surface area contributed by atoms with E-state index in [1.165, 1.54) is 0 Å². The van der Waals surface area contributed by atoms with E-state index in [-0.39, 0.29) is 13.2 Å². The Bertz CT molecular complexity index is 242. The summed E-state index contributed by atoms with van der Waals surface area (Å²) in [7, 11) is 0. The molecule has 0 heterocycles. The average molecular weight is 231 g/mol. The van der Waals surface area contributed by atoms with Gasteiger partial charge in [-0.3, -0.25) is 4.79 Å². The number of nitrogens with zero attached hydrogens (tertiary/aromatic N) is 3. The van der Waals surface area contributed by atoms with E-state index in [1.54, 1.807) is 0 Å². The molecule has 1 atom stereocenters. The predicted molar refractivity (Wildman–Crippen MR) is 57.4 cm³/mol. The Morgan fingerprint density at radius 3 is 2.94 bits per heavy atom. The number of rotatable bonds is 10. The number of carbonyl (C=O) groups is 1. The zero-order valence-electron chi connectivity index (χ0n) is 9.00. The van der Waals surface area contributed by atoms with Crippen LogP contribution in [0.4, 0.5) is 0 Å². The summed E-state index contributed by atoms with van der Waals surface area (Å²) in [6.45, 7) is 0.855. The van der Waals surface area contributed by atoms with E-state index >= 15 is 0 Å². The van der Waals surface area contributed by atoms with Crippen LogP contribution in [0, 0.1) is 0 Å². The molecule has 8 heteroatoms. The molecule has 8 nitrogen and oxygen atoms in total. The first-order valence-electron chi connectivity index (χ1n) is 5.03. The Morgan fingerprint density at radius 1 is 1.62 bits per heavy atom. The molecule has 4 N–H and O–H groups in total. The summed E-state index contributed by atoms with van der Waals surface area (Å²) in [5.41, 5.74) is 15.7. The molecule has 0 aliphatic carbocycles. The molecule has 0 aromatic rings. The maximum Gasteiger partial charge on any atom is 0.323 e. The van der Waals surface area contributed by atoms with Gasteiger partial charge in [-0.05, 0) is 31.3 Å². The number of carboxylic acids is 1. The zero-order valence-corrected chi connectivity index (χ0v) is 9.00. The second-order valence-corrected chi connectivity index (χ2v) is 3.10. The molecule has 16 heavy (non-hydrogen) atoms. The second-order valence-electron chi connectivity index (χ2n) is 3.10. The molecule has 0 spiro atoms. The first kappa shape index (κ1) is 14.7. The van der Waals surface area contributed by atoms with Gasteiger partial charge in [-0.2, -0.15) is 5.48 Å². The number of carboxylic acid groups (broad SMARTS) is 1. The minimum atomic E-state index is -0.971. The van der Waals surface area contributed by atoms with Gasteiger partial charge in [-0.25, -0.2) is 0 Å². The number of azide groups is 1. The van der Waals surface area contributed by atoms with Crippen LogP contribution in [-0.2, 0) is 9.63 Å². The molecule has 0 aromatic carbocycles. The summed E-state index contributed by atoms with van der Waals surface area (Å²) in [5.74, 6) is -0.971. The van der Waals surface area contributed by atoms with Crippen LogP contribution < -0.4 is 11.2 Å². The molecule has 92 valence electrons. The summed E-state index contributed by atoms with van der Waals surface area (Å²) < 4.78 is 0. The van der Waals surface area contributed by atoms with Gasteiger partial charge in [0.2, 0.25) is 0 Å². The molecule has 0 saturated heterocycles. The van der Waals surface area contributed by atoms with Gasteiger partial charge in [-0.15, -0.1) is 0 Å². The minimum Gasteiger partial charge on any atom is -0.480 e. The van der Waals surface area contributed by atoms with Crippen LogP contribution in [0.3, 0.4) is 0 Å². The Balaban J connectivity index is 3.67. The number of hydrogen-bond donors (Lipinski definition) is 3. The van der Waals surface area contributed by atoms with Gasteiger partial charge in [-0.1, -0.05) is 5.11 Å². The van der Waals surface area contributed by atoms with Crippen molar-refractivity contribution in [1.82, 2.24) is 5.48 Å². The highest BCUT2D eigenvalue weighted by Crippen LogP contribution is 2.00. The number of aliphatic carboxylic acids is 1. The van der Waals surface area contributed by atoms with Gasteiger partial charge in [0.1, 0.15) is 6.04 Å². The van der Waals surface area contributed by atoms with Gasteiger partial charge in [0.05, 0.1) is 13.2 Å². The molecule has 0 radical (unpaired) electrons. The van der Waals surface area contributed by atoms with Crippen molar-refractivity contribution >= 4 is 5.97 Å². The first-order chi connectivity index (χ1) is 7.72. The van der Waals surface area contributed by atoms with Crippen LogP contribution in [0.1, 0.15) is 19.3 Å². The van der Waals surface area contributed by atoms with Gasteiger partial charge >= 0.3 is 5.97 Å². The lowest BCUT2D eigenvalue weighted by atomic mass is 10.1. The summed E-state index contributed by atoms with van der Waals surface area (Å²) in [6.07, 6.45) is 1.96. The summed E-state index contributed by atoms with van der Waals surface area (Å²) >= 11 is 0. The maximum atomic E-state index is 10.8. The molecular formula is C8H17N5O3. The van der Waals surface area contributed by atoms with Crippen LogP contribution in [-0.4, -0.2) is 36.8 Å². The first-order valence-corrected chi connectivity index (χ1v) is 5.03. The van der Waals surface area contributed by atoms with E-state index in [4.69, 9.17) is 21.2 Å². The molecule has 0 aliphatic rings. The smallest absolute Gasteiger partial charge is 0.323 e. The lowest BCUT2D eigenvalue weighted by molar-refractivity contribution is -0.144. The van der Waals surface area contributed by atoms with Crippen molar-refractivity contribution < 1.29 is 14.7 Å². The number of hydroxylamine groups is 1. The number of unbranched alkanes of at least 4 members (excludes halogenated alkanes) is 1. The summed E-state index contributed by atoms with van der Waals surface area (Å²) in [4.78, 5) is 18.2. The van der Waals surface area contributed by atoms with E-state index in [0.29, 0.717) is 13.0 Å². The average Bonchev–Trinajstić information content (AvgIpc) is 2.26. The molecule has 0 saturated carbocycles. The van der Waals surface area contributed by atoms with E-state index in [9.17, 15) is 4.79 Å². The van der Waals surface area contributed by atoms with Crippen molar-refractivity contribution in [3.8, 4) is 0 Å². The normalized spacial score (nSPS) is 11.8. The van der Waals surface area contributed by atoms with Crippen molar-refractivity contribution in [2.24, 2.45) is 10.8 Å². The van der Waals surface area contributed by atoms with Crippen LogP contribution >= 0.6 is 0 Å². The number of nitrogens with one attached hydrogen (secondary N) is 1. The van der Waals surface area contributed by atoms with Gasteiger partial charge < -0.3 is 15.7 Å². The Morgan fingerprint density at radius 2 is 2.38 bits per heavy atom. The summed E-state index contributed by atoms with van der Waals surface area (Å²) in [5, 5.41) is 12.1. The predicted octanol–water partition coefficient (Wildman–Crippen LogP) is 0.400. The van der Waals surface area contributed by atoms with E-state index in [1.807, 2.05) is 0 Å². The third-order valence-corrected chi connectivity index (χ3v) is 1.83. The zero-order chi connectivity index (χ0) is 12.2. The molecule has 0 unspecified atom stereocenters. The molecule has 0 rings (SSSR count). The maximum absolute atomic E-state index is 10.8. The monoisotopic (exact) mass is 231 g/mol. The highest BCUT2D eigenvalue weighted by Gasteiger charge is 2.16. The van der Waals surface area contributed by atoms with Crippen LogP contribution in [0.2, 0.25) is 0 Å². The van der Waals surface area contributed by atoms with Crippen LogP contribution in [0.5, 0.6) is 0 Å². The molecule has 0 fully saturated rings. The largest absolute Gasteiger partial charge is 0.480 e. The van der Waals surface area contributed by atoms with Gasteiger partial charge in [0.15, 0.2) is 0 Å². The van der Waals surface area contributed by atoms with E-state index < -0.39 is 12.0 Å². The van der Waals surface area contributed by atoms with Gasteiger partial charge in [0, 0.05) is 4.91 Å². The van der Waals surface area contributed by atoms with Gasteiger partial charge in [0.25, 0.3) is 0 Å². The van der Waals surface area contributed by atoms with Crippen molar-refractivity contribution in [2.45, 2.75) is 25.3 Å². The van der Waals surface area contributed by atoms with Crippen LogP contribution in [0.15, 0.2) is 5.11 Å². The number of nitrogens with two attached hydrogens (primary N) is 1. The fourth-order valence-electron chi connectivity index (χ4n) is 1.02. The van der Waals surface area contributed by atoms with E-state index in [2.05, 4.69) is 15.5 Å². The SMILES string of the molecule is [N-]=[N+]=NCCON[C@@H](CCCCN)C(=O)O. The fourth-order valence-corrected chi connectivity index (χ4v) is 1.02. The topological polar surface area (TPSA) is 133 Å². The quantitative estimate of drug-likeness (QED) is 0.164. The molecule has 0 bridgehead atoms. The summed E-state index contributed by atoms with van der Waals surface area (Å²) in [6, 6.07) is -0.752. The minimum absolute atomic E-state index is 0.144. The van der Waals surface area contributed by atoms with Crippen molar-refractivity contribution in [3.05, 3.63) is 10.4 Å². The number of hydrogen-bond acceptors (Lipinski definition) is 5. The molecule has 0 aliphatic heterocycles. The molecular weight excluding hydrogens is 214 g/mol. The van der Waals surface area contributed by atoms with Crippen LogP contribution in [0.25, 0.3) is 10.4 Å².